The van der Waals surface area contributed by atoms with Crippen LogP contribution in [0.15, 0.2) is 12.1 Å². The number of hydrogen-bond donors (Lipinski definition) is 1. The molecule has 0 bridgehead atoms. The lowest BCUT2D eigenvalue weighted by Crippen LogP contribution is -2.38. The van der Waals surface area contributed by atoms with Crippen LogP contribution in [-0.2, 0) is 5.41 Å². The van der Waals surface area contributed by atoms with Crippen molar-refractivity contribution in [1.82, 2.24) is 4.90 Å². The predicted molar refractivity (Wildman–Crippen MR) is 96.1 cm³/mol. The van der Waals surface area contributed by atoms with Crippen LogP contribution in [0.5, 0.6) is 0 Å². The van der Waals surface area contributed by atoms with Gasteiger partial charge in [0.2, 0.25) is 0 Å². The predicted octanol–water partition coefficient (Wildman–Crippen LogP) is 4.66. The lowest BCUT2D eigenvalue weighted by Gasteiger charge is -2.33. The largest absolute Gasteiger partial charge is 0.329 e. The number of rotatable bonds is 7. The fourth-order valence-corrected chi connectivity index (χ4v) is 3.86. The van der Waals surface area contributed by atoms with Gasteiger partial charge in [-0.2, -0.15) is 0 Å². The molecule has 2 N–H and O–H groups in total. The quantitative estimate of drug-likeness (QED) is 0.793. The van der Waals surface area contributed by atoms with Gasteiger partial charge in [-0.05, 0) is 29.4 Å². The second-order valence-electron chi connectivity index (χ2n) is 7.95. The average Bonchev–Trinajstić information content (AvgIpc) is 2.77. The van der Waals surface area contributed by atoms with Crippen molar-refractivity contribution in [3.8, 4) is 0 Å². The van der Waals surface area contributed by atoms with E-state index in [1.165, 1.54) is 9.75 Å². The molecule has 0 amide bonds. The van der Waals surface area contributed by atoms with Gasteiger partial charge in [-0.15, -0.1) is 11.3 Å². The maximum Gasteiger partial charge on any atom is 0.0564 e. The van der Waals surface area contributed by atoms with Gasteiger partial charge >= 0.3 is 0 Å². The van der Waals surface area contributed by atoms with Crippen molar-refractivity contribution in [2.24, 2.45) is 17.6 Å². The Kier molecular flexibility index (Phi) is 6.89. The first kappa shape index (κ1) is 18.7. The lowest BCUT2D eigenvalue weighted by atomic mass is 9.95. The van der Waals surface area contributed by atoms with E-state index < -0.39 is 0 Å². The van der Waals surface area contributed by atoms with E-state index in [1.54, 1.807) is 0 Å². The van der Waals surface area contributed by atoms with Crippen molar-refractivity contribution < 1.29 is 0 Å². The summed E-state index contributed by atoms with van der Waals surface area (Å²) in [6, 6.07) is 4.93. The number of nitrogens with two attached hydrogens (primary N) is 1. The Labute approximate surface area is 135 Å². The fourth-order valence-electron chi connectivity index (χ4n) is 2.65. The zero-order chi connectivity index (χ0) is 16.2. The van der Waals surface area contributed by atoms with Gasteiger partial charge in [-0.3, -0.25) is 4.90 Å². The third-order valence-electron chi connectivity index (χ3n) is 3.56. The second-order valence-corrected chi connectivity index (χ2v) is 9.06. The molecular formula is C18H34N2S. The fraction of sp³-hybridized carbons (Fsp3) is 0.778. The van der Waals surface area contributed by atoms with Gasteiger partial charge in [0, 0.05) is 29.4 Å². The highest BCUT2D eigenvalue weighted by molar-refractivity contribution is 7.12. The van der Waals surface area contributed by atoms with Gasteiger partial charge in [0.15, 0.2) is 0 Å². The molecule has 0 aromatic carbocycles. The minimum absolute atomic E-state index is 0.225. The molecule has 21 heavy (non-hydrogen) atoms. The van der Waals surface area contributed by atoms with E-state index in [0.717, 1.165) is 13.1 Å². The molecule has 2 nitrogen and oxygen atoms in total. The molecule has 1 heterocycles. The summed E-state index contributed by atoms with van der Waals surface area (Å²) < 4.78 is 0. The van der Waals surface area contributed by atoms with Crippen molar-refractivity contribution in [2.45, 2.75) is 59.9 Å². The van der Waals surface area contributed by atoms with Gasteiger partial charge in [-0.25, -0.2) is 0 Å². The van der Waals surface area contributed by atoms with E-state index in [-0.39, 0.29) is 5.41 Å². The van der Waals surface area contributed by atoms with Crippen molar-refractivity contribution in [3.63, 3.8) is 0 Å². The van der Waals surface area contributed by atoms with E-state index >= 15 is 0 Å². The van der Waals surface area contributed by atoms with E-state index in [2.05, 4.69) is 65.5 Å². The maximum atomic E-state index is 6.14. The number of hydrogen-bond acceptors (Lipinski definition) is 3. The highest BCUT2D eigenvalue weighted by Crippen LogP contribution is 2.34. The first-order valence-corrected chi connectivity index (χ1v) is 9.01. The molecular weight excluding hydrogens is 276 g/mol. The molecule has 1 unspecified atom stereocenters. The van der Waals surface area contributed by atoms with E-state index in [9.17, 15) is 0 Å². The highest BCUT2D eigenvalue weighted by atomic mass is 32.1. The van der Waals surface area contributed by atoms with Gasteiger partial charge in [-0.1, -0.05) is 48.5 Å². The molecule has 0 fully saturated rings. The summed E-state index contributed by atoms with van der Waals surface area (Å²) in [6.45, 7) is 18.9. The van der Waals surface area contributed by atoms with E-state index in [4.69, 9.17) is 5.73 Å². The van der Waals surface area contributed by atoms with Gasteiger partial charge < -0.3 is 5.73 Å². The molecule has 0 saturated heterocycles. The average molecular weight is 311 g/mol. The minimum Gasteiger partial charge on any atom is -0.329 e. The Hall–Kier alpha value is -0.380. The molecule has 0 spiro atoms. The normalized spacial score (nSPS) is 14.4. The molecule has 1 aromatic rings. The Morgan fingerprint density at radius 3 is 1.90 bits per heavy atom. The summed E-state index contributed by atoms with van der Waals surface area (Å²) in [4.78, 5) is 5.45. The second kappa shape index (κ2) is 7.75. The third kappa shape index (κ3) is 5.72. The molecule has 122 valence electrons. The lowest BCUT2D eigenvalue weighted by molar-refractivity contribution is 0.162. The molecule has 1 atom stereocenters. The molecule has 0 aliphatic heterocycles. The molecule has 0 radical (unpaired) electrons. The maximum absolute atomic E-state index is 6.14. The molecule has 0 aliphatic carbocycles. The molecule has 1 aromatic heterocycles. The SMILES string of the molecule is CC(C)CN(CC(C)C)C(CN)c1ccc(C(C)(C)C)s1. The Morgan fingerprint density at radius 1 is 1.05 bits per heavy atom. The van der Waals surface area contributed by atoms with E-state index in [0.29, 0.717) is 24.4 Å². The van der Waals surface area contributed by atoms with Crippen molar-refractivity contribution >= 4 is 11.3 Å². The minimum atomic E-state index is 0.225. The van der Waals surface area contributed by atoms with Gasteiger partial charge in [0.25, 0.3) is 0 Å². The van der Waals surface area contributed by atoms with E-state index in [1.807, 2.05) is 11.3 Å². The Balaban J connectivity index is 2.99. The summed E-state index contributed by atoms with van der Waals surface area (Å²) in [6.07, 6.45) is 0. The first-order valence-electron chi connectivity index (χ1n) is 8.19. The smallest absolute Gasteiger partial charge is 0.0564 e. The number of thiophene rings is 1. The third-order valence-corrected chi connectivity index (χ3v) is 5.17. The summed E-state index contributed by atoms with van der Waals surface area (Å²) >= 11 is 1.93. The van der Waals surface area contributed by atoms with Crippen LogP contribution in [0.25, 0.3) is 0 Å². The van der Waals surface area contributed by atoms with Crippen LogP contribution in [0.3, 0.4) is 0 Å². The van der Waals surface area contributed by atoms with Gasteiger partial charge in [0.05, 0.1) is 6.04 Å². The topological polar surface area (TPSA) is 29.3 Å². The van der Waals surface area contributed by atoms with Crippen LogP contribution < -0.4 is 5.73 Å². The highest BCUT2D eigenvalue weighted by Gasteiger charge is 2.24. The van der Waals surface area contributed by atoms with Crippen molar-refractivity contribution in [1.29, 1.82) is 0 Å². The van der Waals surface area contributed by atoms with Crippen molar-refractivity contribution in [2.75, 3.05) is 19.6 Å². The Bertz CT molecular complexity index is 405. The van der Waals surface area contributed by atoms with Gasteiger partial charge in [0.1, 0.15) is 0 Å². The van der Waals surface area contributed by atoms with Crippen LogP contribution in [0.4, 0.5) is 0 Å². The summed E-state index contributed by atoms with van der Waals surface area (Å²) in [5, 5.41) is 0. The van der Waals surface area contributed by atoms with Crippen LogP contribution in [0, 0.1) is 11.8 Å². The van der Waals surface area contributed by atoms with Crippen LogP contribution in [0.1, 0.15) is 64.3 Å². The Morgan fingerprint density at radius 2 is 1.57 bits per heavy atom. The molecule has 1 rings (SSSR count). The standard InChI is InChI=1S/C18H34N2S/c1-13(2)11-20(12-14(3)4)15(10-19)16-8-9-17(21-16)18(5,6)7/h8-9,13-15H,10-12,19H2,1-7H3. The zero-order valence-electron chi connectivity index (χ0n) is 14.9. The summed E-state index contributed by atoms with van der Waals surface area (Å²) in [7, 11) is 0. The molecule has 0 aliphatic rings. The first-order chi connectivity index (χ1) is 9.65. The zero-order valence-corrected chi connectivity index (χ0v) is 15.8. The van der Waals surface area contributed by atoms with Crippen molar-refractivity contribution in [3.05, 3.63) is 21.9 Å². The molecule has 0 saturated carbocycles. The number of nitrogens with zero attached hydrogens (tertiary/aromatic N) is 1. The monoisotopic (exact) mass is 310 g/mol. The van der Waals surface area contributed by atoms with Crippen LogP contribution in [0.2, 0.25) is 0 Å². The van der Waals surface area contributed by atoms with Crippen LogP contribution in [-0.4, -0.2) is 24.5 Å². The summed E-state index contributed by atoms with van der Waals surface area (Å²) in [5.74, 6) is 1.33. The summed E-state index contributed by atoms with van der Waals surface area (Å²) in [5.41, 5.74) is 6.37. The van der Waals surface area contributed by atoms with Crippen LogP contribution >= 0.6 is 11.3 Å². The molecule has 3 heteroatoms.